The van der Waals surface area contributed by atoms with Crippen molar-refractivity contribution in [2.45, 2.75) is 38.1 Å². The van der Waals surface area contributed by atoms with E-state index < -0.39 is 0 Å². The second-order valence-corrected chi connectivity index (χ2v) is 7.27. The number of nitriles is 1. The second kappa shape index (κ2) is 9.99. The lowest BCUT2D eigenvalue weighted by Gasteiger charge is -2.31. The summed E-state index contributed by atoms with van der Waals surface area (Å²) in [5, 5.41) is 12.2. The third-order valence-corrected chi connectivity index (χ3v) is 5.34. The Bertz CT molecular complexity index is 870. The fourth-order valence-corrected chi connectivity index (χ4v) is 3.64. The first-order chi connectivity index (χ1) is 14.1. The quantitative estimate of drug-likeness (QED) is 0.724. The van der Waals surface area contributed by atoms with Crippen molar-refractivity contribution in [1.82, 2.24) is 14.9 Å². The molecule has 0 spiro atoms. The molecule has 1 N–H and O–H groups in total. The van der Waals surface area contributed by atoms with Crippen LogP contribution in [-0.2, 0) is 4.74 Å². The molecule has 1 aromatic carbocycles. The number of nitrogens with one attached hydrogen (secondary N) is 1. The molecule has 1 amide bonds. The number of ether oxygens (including phenoxy) is 1. The third kappa shape index (κ3) is 5.09. The number of nitrogens with zero attached hydrogens (tertiary/aromatic N) is 4. The Morgan fingerprint density at radius 2 is 2.00 bits per heavy atom. The lowest BCUT2D eigenvalue weighted by Crippen LogP contribution is -2.38. The number of benzene rings is 1. The highest BCUT2D eigenvalue weighted by Gasteiger charge is 2.26. The Hall–Kier alpha value is -2.98. The Labute approximate surface area is 171 Å². The average Bonchev–Trinajstić information content (AvgIpc) is 2.79. The van der Waals surface area contributed by atoms with Gasteiger partial charge in [0.25, 0.3) is 5.91 Å². The smallest absolute Gasteiger partial charge is 0.257 e. The number of rotatable bonds is 7. The van der Waals surface area contributed by atoms with Gasteiger partial charge in [0.15, 0.2) is 0 Å². The zero-order valence-corrected chi connectivity index (χ0v) is 17.0. The van der Waals surface area contributed by atoms with Crippen molar-refractivity contribution >= 4 is 11.9 Å². The van der Waals surface area contributed by atoms with Crippen LogP contribution in [0.3, 0.4) is 0 Å². The van der Waals surface area contributed by atoms with E-state index in [1.54, 1.807) is 25.4 Å². The summed E-state index contributed by atoms with van der Waals surface area (Å²) in [4.78, 5) is 24.1. The molecule has 7 nitrogen and oxygen atoms in total. The van der Waals surface area contributed by atoms with Gasteiger partial charge in [-0.25, -0.2) is 9.97 Å². The Kier molecular flexibility index (Phi) is 7.14. The molecule has 0 bridgehead atoms. The molecule has 0 saturated heterocycles. The minimum absolute atomic E-state index is 0.0697. The fourth-order valence-electron chi connectivity index (χ4n) is 3.64. The minimum atomic E-state index is -0.0697. The first-order valence-corrected chi connectivity index (χ1v) is 10.0. The van der Waals surface area contributed by atoms with E-state index in [1.165, 1.54) is 6.42 Å². The summed E-state index contributed by atoms with van der Waals surface area (Å²) in [5.41, 5.74) is 2.38. The number of carbonyl (C=O) groups is 1. The van der Waals surface area contributed by atoms with Gasteiger partial charge in [0.2, 0.25) is 5.95 Å². The van der Waals surface area contributed by atoms with Gasteiger partial charge in [-0.15, -0.1) is 0 Å². The van der Waals surface area contributed by atoms with E-state index in [-0.39, 0.29) is 11.9 Å². The molecule has 1 saturated carbocycles. The van der Waals surface area contributed by atoms with Gasteiger partial charge in [0.1, 0.15) is 0 Å². The molecule has 0 radical (unpaired) electrons. The van der Waals surface area contributed by atoms with E-state index in [1.807, 2.05) is 24.1 Å². The molecular formula is C22H27N5O2. The third-order valence-electron chi connectivity index (χ3n) is 5.34. The van der Waals surface area contributed by atoms with E-state index >= 15 is 0 Å². The van der Waals surface area contributed by atoms with Crippen molar-refractivity contribution in [3.05, 3.63) is 41.6 Å². The van der Waals surface area contributed by atoms with Crippen molar-refractivity contribution in [2.75, 3.05) is 32.6 Å². The zero-order chi connectivity index (χ0) is 20.6. The summed E-state index contributed by atoms with van der Waals surface area (Å²) in [6.45, 7) is 1.10. The van der Waals surface area contributed by atoms with Crippen molar-refractivity contribution in [3.8, 4) is 17.3 Å². The van der Waals surface area contributed by atoms with Gasteiger partial charge in [0.05, 0.1) is 29.5 Å². The van der Waals surface area contributed by atoms with Gasteiger partial charge in [0, 0.05) is 38.5 Å². The van der Waals surface area contributed by atoms with Crippen LogP contribution in [0.15, 0.2) is 30.5 Å². The van der Waals surface area contributed by atoms with Crippen molar-refractivity contribution in [3.63, 3.8) is 0 Å². The SMILES string of the molecule is COCCNc1ncc(C(=O)N(C)C2CCCCC2)c(-c2ccc(C#N)cc2)n1. The summed E-state index contributed by atoms with van der Waals surface area (Å²) in [6.07, 6.45) is 7.21. The van der Waals surface area contributed by atoms with Crippen LogP contribution >= 0.6 is 0 Å². The molecule has 3 rings (SSSR count). The van der Waals surface area contributed by atoms with Crippen LogP contribution in [0.5, 0.6) is 0 Å². The normalized spacial score (nSPS) is 14.2. The van der Waals surface area contributed by atoms with E-state index in [2.05, 4.69) is 21.4 Å². The number of methoxy groups -OCH3 is 1. The Morgan fingerprint density at radius 1 is 1.28 bits per heavy atom. The molecule has 1 aliphatic carbocycles. The first kappa shape index (κ1) is 20.7. The molecular weight excluding hydrogens is 366 g/mol. The largest absolute Gasteiger partial charge is 0.383 e. The summed E-state index contributed by atoms with van der Waals surface area (Å²) in [5.74, 6) is 0.373. The number of aromatic nitrogens is 2. The van der Waals surface area contributed by atoms with Gasteiger partial charge in [-0.2, -0.15) is 5.26 Å². The molecule has 29 heavy (non-hydrogen) atoms. The maximum Gasteiger partial charge on any atom is 0.257 e. The maximum absolute atomic E-state index is 13.3. The molecule has 1 fully saturated rings. The van der Waals surface area contributed by atoms with Crippen LogP contribution in [0, 0.1) is 11.3 Å². The maximum atomic E-state index is 13.3. The number of amides is 1. The number of anilines is 1. The summed E-state index contributed by atoms with van der Waals surface area (Å²) < 4.78 is 5.06. The average molecular weight is 393 g/mol. The van der Waals surface area contributed by atoms with Gasteiger partial charge in [-0.1, -0.05) is 31.4 Å². The lowest BCUT2D eigenvalue weighted by molar-refractivity contribution is 0.0696. The van der Waals surface area contributed by atoms with E-state index in [0.29, 0.717) is 35.9 Å². The molecule has 0 aliphatic heterocycles. The zero-order valence-electron chi connectivity index (χ0n) is 17.0. The van der Waals surface area contributed by atoms with Crippen molar-refractivity contribution in [2.24, 2.45) is 0 Å². The standard InChI is InChI=1S/C22H27N5O2/c1-27(18-6-4-3-5-7-18)21(28)19-15-25-22(24-12-13-29-2)26-20(19)17-10-8-16(14-23)9-11-17/h8-11,15,18H,3-7,12-13H2,1-2H3,(H,24,25,26). The minimum Gasteiger partial charge on any atom is -0.383 e. The van der Waals surface area contributed by atoms with Crippen LogP contribution in [-0.4, -0.2) is 54.1 Å². The van der Waals surface area contributed by atoms with Gasteiger partial charge < -0.3 is 15.0 Å². The molecule has 152 valence electrons. The van der Waals surface area contributed by atoms with E-state index in [0.717, 1.165) is 31.2 Å². The van der Waals surface area contributed by atoms with Crippen LogP contribution in [0.4, 0.5) is 5.95 Å². The molecule has 1 aromatic heterocycles. The number of carbonyl (C=O) groups excluding carboxylic acids is 1. The number of hydrogen-bond acceptors (Lipinski definition) is 6. The van der Waals surface area contributed by atoms with Gasteiger partial charge >= 0.3 is 0 Å². The molecule has 1 heterocycles. The summed E-state index contributed by atoms with van der Waals surface area (Å²) >= 11 is 0. The molecule has 2 aromatic rings. The van der Waals surface area contributed by atoms with E-state index in [9.17, 15) is 4.79 Å². The van der Waals surface area contributed by atoms with Crippen LogP contribution in [0.1, 0.15) is 48.0 Å². The van der Waals surface area contributed by atoms with Gasteiger partial charge in [-0.3, -0.25) is 4.79 Å². The van der Waals surface area contributed by atoms with Crippen LogP contribution < -0.4 is 5.32 Å². The summed E-state index contributed by atoms with van der Waals surface area (Å²) in [7, 11) is 3.50. The predicted molar refractivity (Wildman–Crippen MR) is 112 cm³/mol. The van der Waals surface area contributed by atoms with Gasteiger partial charge in [-0.05, 0) is 25.0 Å². The molecule has 7 heteroatoms. The topological polar surface area (TPSA) is 91.1 Å². The molecule has 1 aliphatic rings. The monoisotopic (exact) mass is 393 g/mol. The predicted octanol–water partition coefficient (Wildman–Crippen LogP) is 3.48. The van der Waals surface area contributed by atoms with Crippen molar-refractivity contribution < 1.29 is 9.53 Å². The molecule has 0 unspecified atom stereocenters. The first-order valence-electron chi connectivity index (χ1n) is 10.0. The van der Waals surface area contributed by atoms with Crippen LogP contribution in [0.2, 0.25) is 0 Å². The lowest BCUT2D eigenvalue weighted by atomic mass is 9.94. The Morgan fingerprint density at radius 3 is 2.66 bits per heavy atom. The highest BCUT2D eigenvalue weighted by molar-refractivity contribution is 5.99. The second-order valence-electron chi connectivity index (χ2n) is 7.27. The molecule has 0 atom stereocenters. The highest BCUT2D eigenvalue weighted by atomic mass is 16.5. The highest BCUT2D eigenvalue weighted by Crippen LogP contribution is 2.27. The van der Waals surface area contributed by atoms with E-state index in [4.69, 9.17) is 10.00 Å². The summed E-state index contributed by atoms with van der Waals surface area (Å²) in [6, 6.07) is 9.46. The van der Waals surface area contributed by atoms with Crippen LogP contribution in [0.25, 0.3) is 11.3 Å². The Balaban J connectivity index is 1.93. The van der Waals surface area contributed by atoms with Crippen molar-refractivity contribution in [1.29, 1.82) is 5.26 Å². The fraction of sp³-hybridized carbons (Fsp3) is 0.455. The number of hydrogen-bond donors (Lipinski definition) is 1.